The summed E-state index contributed by atoms with van der Waals surface area (Å²) < 4.78 is 32.2. The molecule has 0 aliphatic heterocycles. The number of para-hydroxylation sites is 2. The summed E-state index contributed by atoms with van der Waals surface area (Å²) in [6.45, 7) is 0.338. The average molecular weight is 502 g/mol. The molecule has 1 saturated carbocycles. The summed E-state index contributed by atoms with van der Waals surface area (Å²) >= 11 is 0. The first-order valence-corrected chi connectivity index (χ1v) is 9.77. The zero-order chi connectivity index (χ0) is 18.6. The van der Waals surface area contributed by atoms with Crippen LogP contribution in [-0.4, -0.2) is 27.5 Å². The van der Waals surface area contributed by atoms with E-state index < -0.39 is 10.0 Å². The van der Waals surface area contributed by atoms with Gasteiger partial charge in [-0.05, 0) is 42.7 Å². The van der Waals surface area contributed by atoms with Gasteiger partial charge in [0.05, 0.1) is 24.2 Å². The molecule has 7 nitrogen and oxygen atoms in total. The largest absolute Gasteiger partial charge is 0.495 e. The van der Waals surface area contributed by atoms with Crippen LogP contribution in [0.25, 0.3) is 0 Å². The van der Waals surface area contributed by atoms with E-state index in [2.05, 4.69) is 15.0 Å². The number of hydrogen-bond donors (Lipinski definition) is 3. The maximum Gasteiger partial charge on any atom is 0.240 e. The van der Waals surface area contributed by atoms with Crippen molar-refractivity contribution in [3.63, 3.8) is 0 Å². The summed E-state index contributed by atoms with van der Waals surface area (Å²) in [4.78, 5) is 4.54. The molecule has 1 fully saturated rings. The summed E-state index contributed by atoms with van der Waals surface area (Å²) in [5, 5.41) is 2.99. The lowest BCUT2D eigenvalue weighted by Crippen LogP contribution is -2.25. The molecule has 0 bridgehead atoms. The van der Waals surface area contributed by atoms with E-state index in [1.165, 1.54) is 0 Å². The van der Waals surface area contributed by atoms with Crippen molar-refractivity contribution in [2.45, 2.75) is 30.3 Å². The van der Waals surface area contributed by atoms with E-state index in [9.17, 15) is 8.42 Å². The van der Waals surface area contributed by atoms with Crippen molar-refractivity contribution in [2.24, 2.45) is 10.7 Å². The number of methoxy groups -OCH3 is 1. The van der Waals surface area contributed by atoms with Gasteiger partial charge < -0.3 is 15.8 Å². The van der Waals surface area contributed by atoms with Gasteiger partial charge in [0.25, 0.3) is 0 Å². The second kappa shape index (κ2) is 9.38. The SMILES string of the molecule is COc1ccccc1NC(N)=NCc1ccc(S(=O)(=O)NC2CC2)cc1.I. The van der Waals surface area contributed by atoms with Crippen molar-refractivity contribution in [1.29, 1.82) is 0 Å². The highest BCUT2D eigenvalue weighted by Gasteiger charge is 2.27. The zero-order valence-corrected chi connectivity index (χ0v) is 18.0. The summed E-state index contributed by atoms with van der Waals surface area (Å²) in [6.07, 6.45) is 1.81. The van der Waals surface area contributed by atoms with E-state index in [1.54, 1.807) is 31.4 Å². The molecule has 0 atom stereocenters. The van der Waals surface area contributed by atoms with Crippen LogP contribution in [0.2, 0.25) is 0 Å². The molecule has 0 amide bonds. The molecule has 0 unspecified atom stereocenters. The van der Waals surface area contributed by atoms with E-state index in [4.69, 9.17) is 10.5 Å². The molecule has 1 aliphatic carbocycles. The number of guanidine groups is 1. The van der Waals surface area contributed by atoms with Crippen LogP contribution < -0.4 is 20.5 Å². The summed E-state index contributed by atoms with van der Waals surface area (Å²) in [5.74, 6) is 0.921. The number of ether oxygens (including phenoxy) is 1. The fourth-order valence-electron chi connectivity index (χ4n) is 2.36. The second-order valence-corrected chi connectivity index (χ2v) is 7.78. The van der Waals surface area contributed by atoms with Crippen LogP contribution in [0, 0.1) is 0 Å². The molecule has 1 aliphatic rings. The Bertz CT molecular complexity index is 897. The molecule has 0 spiro atoms. The predicted octanol–water partition coefficient (Wildman–Crippen LogP) is 2.68. The number of rotatable bonds is 7. The highest BCUT2D eigenvalue weighted by Crippen LogP contribution is 2.23. The third-order valence-electron chi connectivity index (χ3n) is 3.93. The van der Waals surface area contributed by atoms with Crippen LogP contribution in [0.3, 0.4) is 0 Å². The number of nitrogens with one attached hydrogen (secondary N) is 2. The lowest BCUT2D eigenvalue weighted by Gasteiger charge is -2.10. The minimum atomic E-state index is -3.43. The van der Waals surface area contributed by atoms with Crippen LogP contribution in [0.4, 0.5) is 5.69 Å². The Morgan fingerprint density at radius 2 is 1.85 bits per heavy atom. The molecule has 0 radical (unpaired) electrons. The Morgan fingerprint density at radius 1 is 1.19 bits per heavy atom. The monoisotopic (exact) mass is 502 g/mol. The number of hydrogen-bond acceptors (Lipinski definition) is 4. The molecule has 4 N–H and O–H groups in total. The van der Waals surface area contributed by atoms with E-state index >= 15 is 0 Å². The minimum Gasteiger partial charge on any atom is -0.495 e. The fraction of sp³-hybridized carbons (Fsp3) is 0.278. The molecular weight excluding hydrogens is 479 g/mol. The van der Waals surface area contributed by atoms with Crippen molar-refractivity contribution in [1.82, 2.24) is 4.72 Å². The van der Waals surface area contributed by atoms with E-state index in [1.807, 2.05) is 24.3 Å². The molecule has 146 valence electrons. The molecular formula is C18H23IN4O3S. The van der Waals surface area contributed by atoms with Crippen molar-refractivity contribution < 1.29 is 13.2 Å². The van der Waals surface area contributed by atoms with Crippen LogP contribution >= 0.6 is 24.0 Å². The maximum absolute atomic E-state index is 12.1. The van der Waals surface area contributed by atoms with E-state index in [-0.39, 0.29) is 40.9 Å². The number of benzene rings is 2. The van der Waals surface area contributed by atoms with Crippen LogP contribution in [0.1, 0.15) is 18.4 Å². The lowest BCUT2D eigenvalue weighted by atomic mass is 10.2. The highest BCUT2D eigenvalue weighted by molar-refractivity contribution is 14.0. The molecule has 2 aromatic carbocycles. The van der Waals surface area contributed by atoms with Crippen molar-refractivity contribution in [3.05, 3.63) is 54.1 Å². The first-order chi connectivity index (χ1) is 12.5. The van der Waals surface area contributed by atoms with Gasteiger partial charge in [0.15, 0.2) is 5.96 Å². The van der Waals surface area contributed by atoms with Crippen LogP contribution in [-0.2, 0) is 16.6 Å². The molecule has 9 heteroatoms. The molecule has 2 aromatic rings. The Kier molecular flexibility index (Phi) is 7.45. The number of nitrogens with two attached hydrogens (primary N) is 1. The van der Waals surface area contributed by atoms with Gasteiger partial charge in [-0.3, -0.25) is 0 Å². The Labute approximate surface area is 176 Å². The van der Waals surface area contributed by atoms with Gasteiger partial charge in [0.1, 0.15) is 5.75 Å². The highest BCUT2D eigenvalue weighted by atomic mass is 127. The van der Waals surface area contributed by atoms with Crippen LogP contribution in [0.5, 0.6) is 5.75 Å². The van der Waals surface area contributed by atoms with Gasteiger partial charge >= 0.3 is 0 Å². The number of halogens is 1. The van der Waals surface area contributed by atoms with E-state index in [0.29, 0.717) is 12.3 Å². The standard InChI is InChI=1S/C18H22N4O3S.HI/c1-25-17-5-3-2-4-16(17)21-18(19)20-12-13-6-10-15(11-7-13)26(23,24)22-14-8-9-14;/h2-7,10-11,14,22H,8-9,12H2,1H3,(H3,19,20,21);1H. The fourth-order valence-corrected chi connectivity index (χ4v) is 3.67. The third kappa shape index (κ3) is 6.08. The summed E-state index contributed by atoms with van der Waals surface area (Å²) in [7, 11) is -1.85. The van der Waals surface area contributed by atoms with Crippen molar-refractivity contribution in [2.75, 3.05) is 12.4 Å². The van der Waals surface area contributed by atoms with Gasteiger partial charge in [-0.25, -0.2) is 18.1 Å². The van der Waals surface area contributed by atoms with Gasteiger partial charge in [-0.1, -0.05) is 24.3 Å². The summed E-state index contributed by atoms with van der Waals surface area (Å²) in [5.41, 5.74) is 7.50. The Balaban J connectivity index is 0.00000261. The first-order valence-electron chi connectivity index (χ1n) is 8.29. The van der Waals surface area contributed by atoms with Crippen LogP contribution in [0.15, 0.2) is 58.4 Å². The molecule has 3 rings (SSSR count). The van der Waals surface area contributed by atoms with Gasteiger partial charge in [0.2, 0.25) is 10.0 Å². The number of aliphatic imine (C=N–C) groups is 1. The predicted molar refractivity (Wildman–Crippen MR) is 117 cm³/mol. The third-order valence-corrected chi connectivity index (χ3v) is 5.47. The molecule has 0 saturated heterocycles. The normalized spacial score (nSPS) is 14.3. The topological polar surface area (TPSA) is 106 Å². The quantitative estimate of drug-likeness (QED) is 0.307. The molecule has 0 heterocycles. The molecule has 27 heavy (non-hydrogen) atoms. The van der Waals surface area contributed by atoms with E-state index in [0.717, 1.165) is 24.1 Å². The second-order valence-electron chi connectivity index (χ2n) is 6.07. The maximum atomic E-state index is 12.1. The van der Waals surface area contributed by atoms with Gasteiger partial charge in [-0.2, -0.15) is 0 Å². The number of sulfonamides is 1. The number of nitrogens with zero attached hydrogens (tertiary/aromatic N) is 1. The number of anilines is 1. The Hall–Kier alpha value is -1.85. The van der Waals surface area contributed by atoms with Gasteiger partial charge in [0, 0.05) is 6.04 Å². The molecule has 0 aromatic heterocycles. The zero-order valence-electron chi connectivity index (χ0n) is 14.9. The van der Waals surface area contributed by atoms with Crippen molar-refractivity contribution in [3.8, 4) is 5.75 Å². The van der Waals surface area contributed by atoms with Gasteiger partial charge in [-0.15, -0.1) is 24.0 Å². The Morgan fingerprint density at radius 3 is 2.48 bits per heavy atom. The smallest absolute Gasteiger partial charge is 0.240 e. The summed E-state index contributed by atoms with van der Waals surface area (Å²) in [6, 6.07) is 14.1. The average Bonchev–Trinajstić information content (AvgIpc) is 3.44. The minimum absolute atomic E-state index is 0. The first kappa shape index (κ1) is 21.5. The lowest BCUT2D eigenvalue weighted by molar-refractivity contribution is 0.417. The van der Waals surface area contributed by atoms with Crippen molar-refractivity contribution >= 4 is 45.6 Å².